The normalized spacial score (nSPS) is 12.4. The predicted molar refractivity (Wildman–Crippen MR) is 189 cm³/mol. The molecule has 210 valence electrons. The van der Waals surface area contributed by atoms with Gasteiger partial charge in [0.15, 0.2) is 0 Å². The average molecular weight is 574 g/mol. The SMILES string of the molecule is c1ccc(-n2c3ccccc3c3ccc(N4c5c(ccc6ccccc56)-c5ccccc5-n5c4cc4ccccc45)cc32)cc1. The molecule has 7 aromatic carbocycles. The highest BCUT2D eigenvalue weighted by Crippen LogP contribution is 2.51. The van der Waals surface area contributed by atoms with Crippen molar-refractivity contribution in [1.82, 2.24) is 9.13 Å². The third-order valence-corrected chi connectivity index (χ3v) is 9.41. The summed E-state index contributed by atoms with van der Waals surface area (Å²) < 4.78 is 4.84. The van der Waals surface area contributed by atoms with E-state index in [-0.39, 0.29) is 0 Å². The van der Waals surface area contributed by atoms with Gasteiger partial charge in [0.1, 0.15) is 5.82 Å². The summed E-state index contributed by atoms with van der Waals surface area (Å²) in [5.74, 6) is 1.13. The van der Waals surface area contributed by atoms with E-state index < -0.39 is 0 Å². The molecule has 0 radical (unpaired) electrons. The molecule has 1 aliphatic rings. The zero-order valence-electron chi connectivity index (χ0n) is 24.4. The van der Waals surface area contributed by atoms with Crippen LogP contribution in [0.15, 0.2) is 164 Å². The Morgan fingerprint density at radius 2 is 1.04 bits per heavy atom. The Balaban J connectivity index is 1.37. The van der Waals surface area contributed by atoms with Gasteiger partial charge in [-0.15, -0.1) is 0 Å². The largest absolute Gasteiger partial charge is 0.309 e. The number of hydrogen-bond donors (Lipinski definition) is 0. The fourth-order valence-corrected chi connectivity index (χ4v) is 7.50. The van der Waals surface area contributed by atoms with Crippen LogP contribution in [-0.4, -0.2) is 9.13 Å². The van der Waals surface area contributed by atoms with Gasteiger partial charge in [0.25, 0.3) is 0 Å². The van der Waals surface area contributed by atoms with Gasteiger partial charge >= 0.3 is 0 Å². The van der Waals surface area contributed by atoms with E-state index in [0.29, 0.717) is 0 Å². The van der Waals surface area contributed by atoms with Gasteiger partial charge in [-0.1, -0.05) is 115 Å². The molecule has 0 fully saturated rings. The van der Waals surface area contributed by atoms with E-state index in [9.17, 15) is 0 Å². The Labute approximate surface area is 260 Å². The van der Waals surface area contributed by atoms with Crippen LogP contribution in [0.2, 0.25) is 0 Å². The van der Waals surface area contributed by atoms with Gasteiger partial charge in [-0.25, -0.2) is 0 Å². The van der Waals surface area contributed by atoms with E-state index in [1.54, 1.807) is 0 Å². The van der Waals surface area contributed by atoms with Crippen molar-refractivity contribution >= 4 is 60.7 Å². The first kappa shape index (κ1) is 24.4. The maximum Gasteiger partial charge on any atom is 0.123 e. The van der Waals surface area contributed by atoms with Gasteiger partial charge in [0.2, 0.25) is 0 Å². The topological polar surface area (TPSA) is 13.1 Å². The molecule has 2 aromatic heterocycles. The van der Waals surface area contributed by atoms with Gasteiger partial charge < -0.3 is 4.57 Å². The van der Waals surface area contributed by atoms with Crippen molar-refractivity contribution < 1.29 is 0 Å². The van der Waals surface area contributed by atoms with Crippen molar-refractivity contribution in [3.05, 3.63) is 164 Å². The molecule has 10 rings (SSSR count). The minimum absolute atomic E-state index is 1.12. The van der Waals surface area contributed by atoms with Crippen molar-refractivity contribution in [1.29, 1.82) is 0 Å². The first-order valence-corrected chi connectivity index (χ1v) is 15.5. The number of hydrogen-bond acceptors (Lipinski definition) is 1. The zero-order valence-corrected chi connectivity index (χ0v) is 24.4. The Hall–Kier alpha value is -6.06. The van der Waals surface area contributed by atoms with E-state index in [1.807, 2.05) is 0 Å². The molecule has 9 aromatic rings. The molecule has 0 amide bonds. The first-order valence-electron chi connectivity index (χ1n) is 15.5. The van der Waals surface area contributed by atoms with Crippen LogP contribution in [0.25, 0.3) is 66.0 Å². The Kier molecular flexibility index (Phi) is 5.00. The van der Waals surface area contributed by atoms with Crippen molar-refractivity contribution in [2.24, 2.45) is 0 Å². The lowest BCUT2D eigenvalue weighted by molar-refractivity contribution is 1.09. The van der Waals surface area contributed by atoms with Crippen LogP contribution in [0.4, 0.5) is 17.2 Å². The molecule has 0 bridgehead atoms. The number of benzene rings is 7. The van der Waals surface area contributed by atoms with Gasteiger partial charge in [-0.2, -0.15) is 0 Å². The lowest BCUT2D eigenvalue weighted by Crippen LogP contribution is -2.13. The summed E-state index contributed by atoms with van der Waals surface area (Å²) in [4.78, 5) is 2.49. The fourth-order valence-electron chi connectivity index (χ4n) is 7.50. The van der Waals surface area contributed by atoms with Crippen LogP contribution in [0, 0.1) is 0 Å². The molecule has 3 nitrogen and oxygen atoms in total. The number of nitrogens with zero attached hydrogens (tertiary/aromatic N) is 3. The summed E-state index contributed by atoms with van der Waals surface area (Å²) >= 11 is 0. The smallest absolute Gasteiger partial charge is 0.123 e. The number of rotatable bonds is 2. The Morgan fingerprint density at radius 1 is 0.356 bits per heavy atom. The van der Waals surface area contributed by atoms with Gasteiger partial charge in [-0.05, 0) is 53.9 Å². The Morgan fingerprint density at radius 3 is 1.93 bits per heavy atom. The van der Waals surface area contributed by atoms with Gasteiger partial charge in [0.05, 0.1) is 27.9 Å². The summed E-state index contributed by atoms with van der Waals surface area (Å²) in [6.45, 7) is 0. The molecule has 0 spiro atoms. The number of para-hydroxylation sites is 4. The van der Waals surface area contributed by atoms with E-state index in [1.165, 1.54) is 66.0 Å². The van der Waals surface area contributed by atoms with E-state index in [0.717, 1.165) is 17.2 Å². The number of anilines is 3. The molecule has 3 heteroatoms. The molecule has 0 saturated carbocycles. The molecule has 0 saturated heterocycles. The quantitative estimate of drug-likeness (QED) is 0.200. The van der Waals surface area contributed by atoms with Crippen LogP contribution >= 0.6 is 0 Å². The molecule has 0 aliphatic carbocycles. The summed E-state index contributed by atoms with van der Waals surface area (Å²) in [6.07, 6.45) is 0. The maximum absolute atomic E-state index is 2.49. The van der Waals surface area contributed by atoms with E-state index in [2.05, 4.69) is 178 Å². The molecule has 0 unspecified atom stereocenters. The fraction of sp³-hybridized carbons (Fsp3) is 0. The van der Waals surface area contributed by atoms with Gasteiger partial charge in [0, 0.05) is 44.0 Å². The summed E-state index contributed by atoms with van der Waals surface area (Å²) in [7, 11) is 0. The van der Waals surface area contributed by atoms with Gasteiger partial charge in [-0.3, -0.25) is 9.47 Å². The van der Waals surface area contributed by atoms with Crippen LogP contribution in [-0.2, 0) is 0 Å². The standard InChI is InChI=1S/C42H27N3/c1-2-14-30(15-3-1)43-38-20-10-7-17-33(38)35-25-23-31(27-40(35)43)44-41-26-29-13-5-9-19-37(29)45(41)39-21-11-8-18-34(39)36-24-22-28-12-4-6-16-32(28)42(36)44/h1-27H. The van der Waals surface area contributed by atoms with Crippen LogP contribution in [0.3, 0.4) is 0 Å². The monoisotopic (exact) mass is 573 g/mol. The highest BCUT2D eigenvalue weighted by molar-refractivity contribution is 6.13. The van der Waals surface area contributed by atoms with Crippen molar-refractivity contribution in [3.63, 3.8) is 0 Å². The molecular weight excluding hydrogens is 546 g/mol. The number of fused-ring (bicyclic) bond motifs is 12. The average Bonchev–Trinajstić information content (AvgIpc) is 3.61. The predicted octanol–water partition coefficient (Wildman–Crippen LogP) is 11.3. The minimum atomic E-state index is 1.12. The van der Waals surface area contributed by atoms with Crippen molar-refractivity contribution in [2.45, 2.75) is 0 Å². The van der Waals surface area contributed by atoms with Crippen LogP contribution in [0.5, 0.6) is 0 Å². The second-order valence-corrected chi connectivity index (χ2v) is 11.8. The molecule has 45 heavy (non-hydrogen) atoms. The highest BCUT2D eigenvalue weighted by Gasteiger charge is 2.29. The minimum Gasteiger partial charge on any atom is -0.309 e. The molecule has 1 aliphatic heterocycles. The second kappa shape index (κ2) is 9.22. The van der Waals surface area contributed by atoms with Crippen LogP contribution in [0.1, 0.15) is 0 Å². The van der Waals surface area contributed by atoms with E-state index >= 15 is 0 Å². The Bertz CT molecular complexity index is 2600. The lowest BCUT2D eigenvalue weighted by atomic mass is 9.96. The third kappa shape index (κ3) is 3.41. The summed E-state index contributed by atoms with van der Waals surface area (Å²) in [6, 6.07) is 59.7. The molecular formula is C42H27N3. The molecule has 3 heterocycles. The summed E-state index contributed by atoms with van der Waals surface area (Å²) in [5, 5.41) is 6.17. The van der Waals surface area contributed by atoms with Crippen molar-refractivity contribution in [2.75, 3.05) is 4.90 Å². The third-order valence-electron chi connectivity index (χ3n) is 9.41. The first-order chi connectivity index (χ1) is 22.3. The molecule has 0 atom stereocenters. The summed E-state index contributed by atoms with van der Waals surface area (Å²) in [5.41, 5.74) is 10.7. The lowest BCUT2D eigenvalue weighted by Gasteiger charge is -2.27. The number of aromatic nitrogens is 2. The van der Waals surface area contributed by atoms with Crippen LogP contribution < -0.4 is 4.90 Å². The maximum atomic E-state index is 2.49. The molecule has 0 N–H and O–H groups in total. The van der Waals surface area contributed by atoms with Crippen molar-refractivity contribution in [3.8, 4) is 22.5 Å². The second-order valence-electron chi connectivity index (χ2n) is 11.8. The highest BCUT2D eigenvalue weighted by atomic mass is 15.3. The zero-order chi connectivity index (χ0) is 29.5. The van der Waals surface area contributed by atoms with E-state index in [4.69, 9.17) is 0 Å².